The van der Waals surface area contributed by atoms with Gasteiger partial charge in [0.1, 0.15) is 28.3 Å². The second kappa shape index (κ2) is 8.14. The zero-order valence-corrected chi connectivity index (χ0v) is 16.5. The van der Waals surface area contributed by atoms with Gasteiger partial charge in [0.25, 0.3) is 0 Å². The molecule has 0 spiro atoms. The van der Waals surface area contributed by atoms with Crippen LogP contribution in [0.15, 0.2) is 24.4 Å². The van der Waals surface area contributed by atoms with Gasteiger partial charge in [-0.2, -0.15) is 4.98 Å². The van der Waals surface area contributed by atoms with E-state index in [0.29, 0.717) is 48.1 Å². The van der Waals surface area contributed by atoms with Gasteiger partial charge in [0, 0.05) is 35.4 Å². The molecule has 0 bridgehead atoms. The number of halogens is 1. The van der Waals surface area contributed by atoms with Gasteiger partial charge in [-0.3, -0.25) is 4.98 Å². The van der Waals surface area contributed by atoms with Gasteiger partial charge in [-0.15, -0.1) is 10.2 Å². The first-order valence-electron chi connectivity index (χ1n) is 9.13. The summed E-state index contributed by atoms with van der Waals surface area (Å²) < 4.78 is 18.5. The third-order valence-electron chi connectivity index (χ3n) is 4.55. The van der Waals surface area contributed by atoms with Crippen molar-refractivity contribution in [1.29, 1.82) is 0 Å². The minimum Gasteiger partial charge on any atom is -0.477 e. The Bertz CT molecular complexity index is 948. The van der Waals surface area contributed by atoms with E-state index >= 15 is 0 Å². The lowest BCUT2D eigenvalue weighted by Gasteiger charge is -2.09. The van der Waals surface area contributed by atoms with Crippen LogP contribution in [0.1, 0.15) is 39.4 Å². The molecule has 1 aliphatic carbocycles. The number of alkyl halides is 1. The summed E-state index contributed by atoms with van der Waals surface area (Å²) in [5.41, 5.74) is 1.61. The van der Waals surface area contributed by atoms with E-state index in [-0.39, 0.29) is 0 Å². The minimum absolute atomic E-state index is 0.370. The van der Waals surface area contributed by atoms with Crippen LogP contribution >= 0.6 is 11.3 Å². The number of nitrogens with one attached hydrogen (secondary N) is 1. The molecule has 3 heterocycles. The standard InChI is InChI=1S/C19H21FN6OS/c1-11-23-17(22-9-19-26-25-12(2)28-19)6-18(24-11)27-10-14-5-15(14)16-4-3-13(7-20)8-21-16/h3-4,6,8,14-15H,5,7,9-10H2,1-2H3,(H,22,23,24). The van der Waals surface area contributed by atoms with Crippen molar-refractivity contribution in [2.24, 2.45) is 5.92 Å². The number of aryl methyl sites for hydroxylation is 2. The molecule has 0 aliphatic heterocycles. The van der Waals surface area contributed by atoms with Crippen LogP contribution in [-0.2, 0) is 13.2 Å². The molecule has 1 N–H and O–H groups in total. The van der Waals surface area contributed by atoms with Gasteiger partial charge >= 0.3 is 0 Å². The molecular weight excluding hydrogens is 379 g/mol. The molecule has 7 nitrogen and oxygen atoms in total. The number of nitrogens with zero attached hydrogens (tertiary/aromatic N) is 5. The van der Waals surface area contributed by atoms with Crippen LogP contribution in [0.2, 0.25) is 0 Å². The van der Waals surface area contributed by atoms with E-state index in [2.05, 4.69) is 30.5 Å². The summed E-state index contributed by atoms with van der Waals surface area (Å²) in [6, 6.07) is 5.50. The molecule has 4 rings (SSSR count). The number of aromatic nitrogens is 5. The van der Waals surface area contributed by atoms with Gasteiger partial charge in [-0.25, -0.2) is 9.37 Å². The second-order valence-electron chi connectivity index (χ2n) is 6.85. The Balaban J connectivity index is 1.31. The van der Waals surface area contributed by atoms with Gasteiger partial charge in [-0.05, 0) is 26.3 Å². The van der Waals surface area contributed by atoms with Crippen molar-refractivity contribution in [3.8, 4) is 5.88 Å². The summed E-state index contributed by atoms with van der Waals surface area (Å²) >= 11 is 1.55. The van der Waals surface area contributed by atoms with Gasteiger partial charge in [-0.1, -0.05) is 17.4 Å². The van der Waals surface area contributed by atoms with E-state index in [1.165, 1.54) is 0 Å². The zero-order valence-electron chi connectivity index (χ0n) is 15.7. The van der Waals surface area contributed by atoms with Crippen LogP contribution in [0.4, 0.5) is 10.2 Å². The topological polar surface area (TPSA) is 85.7 Å². The Morgan fingerprint density at radius 3 is 2.86 bits per heavy atom. The maximum absolute atomic E-state index is 12.6. The van der Waals surface area contributed by atoms with Crippen molar-refractivity contribution in [3.05, 3.63) is 51.5 Å². The van der Waals surface area contributed by atoms with Crippen molar-refractivity contribution < 1.29 is 9.13 Å². The highest BCUT2D eigenvalue weighted by Crippen LogP contribution is 2.46. The molecule has 0 saturated heterocycles. The molecule has 3 aromatic heterocycles. The van der Waals surface area contributed by atoms with Crippen LogP contribution in [0.3, 0.4) is 0 Å². The van der Waals surface area contributed by atoms with E-state index < -0.39 is 6.67 Å². The Kier molecular flexibility index (Phi) is 5.43. The highest BCUT2D eigenvalue weighted by Gasteiger charge is 2.40. The number of anilines is 1. The molecule has 1 saturated carbocycles. The Morgan fingerprint density at radius 1 is 1.25 bits per heavy atom. The van der Waals surface area contributed by atoms with Crippen molar-refractivity contribution >= 4 is 17.2 Å². The van der Waals surface area contributed by atoms with Gasteiger partial charge < -0.3 is 10.1 Å². The molecular formula is C19H21FN6OS. The van der Waals surface area contributed by atoms with Gasteiger partial charge in [0.15, 0.2) is 0 Å². The fourth-order valence-electron chi connectivity index (χ4n) is 3.00. The molecule has 9 heteroatoms. The predicted molar refractivity (Wildman–Crippen MR) is 104 cm³/mol. The normalized spacial score (nSPS) is 18.1. The largest absolute Gasteiger partial charge is 0.477 e. The van der Waals surface area contributed by atoms with Crippen LogP contribution in [0.25, 0.3) is 0 Å². The fraction of sp³-hybridized carbons (Fsp3) is 0.421. The predicted octanol–water partition coefficient (Wildman–Crippen LogP) is 3.60. The monoisotopic (exact) mass is 400 g/mol. The highest BCUT2D eigenvalue weighted by molar-refractivity contribution is 7.11. The fourth-order valence-corrected chi connectivity index (χ4v) is 3.65. The molecule has 146 valence electrons. The first-order valence-corrected chi connectivity index (χ1v) is 9.94. The number of pyridine rings is 1. The van der Waals surface area contributed by atoms with E-state index in [4.69, 9.17) is 4.74 Å². The molecule has 28 heavy (non-hydrogen) atoms. The quantitative estimate of drug-likeness (QED) is 0.618. The third kappa shape index (κ3) is 4.59. The molecule has 0 aromatic carbocycles. The van der Waals surface area contributed by atoms with Crippen molar-refractivity contribution in [2.75, 3.05) is 11.9 Å². The molecule has 1 aliphatic rings. The summed E-state index contributed by atoms with van der Waals surface area (Å²) in [5.74, 6) is 2.67. The smallest absolute Gasteiger partial charge is 0.218 e. The number of hydrogen-bond donors (Lipinski definition) is 1. The number of ether oxygens (including phenoxy) is 1. The molecule has 2 unspecified atom stereocenters. The number of hydrogen-bond acceptors (Lipinski definition) is 8. The van der Waals surface area contributed by atoms with E-state index in [0.717, 1.165) is 22.1 Å². The van der Waals surface area contributed by atoms with Crippen LogP contribution in [0.5, 0.6) is 5.88 Å². The highest BCUT2D eigenvalue weighted by atomic mass is 32.1. The van der Waals surface area contributed by atoms with E-state index in [1.807, 2.05) is 19.9 Å². The number of rotatable bonds is 8. The second-order valence-corrected chi connectivity index (χ2v) is 8.11. The summed E-state index contributed by atoms with van der Waals surface area (Å²) in [6.45, 7) is 4.42. The summed E-state index contributed by atoms with van der Waals surface area (Å²) in [6.07, 6.45) is 2.63. The Labute approximate surface area is 166 Å². The average Bonchev–Trinajstić information content (AvgIpc) is 3.36. The maximum Gasteiger partial charge on any atom is 0.218 e. The Hall–Kier alpha value is -2.68. The van der Waals surface area contributed by atoms with Crippen LogP contribution in [0, 0.1) is 19.8 Å². The summed E-state index contributed by atoms with van der Waals surface area (Å²) in [7, 11) is 0. The van der Waals surface area contributed by atoms with Crippen LogP contribution < -0.4 is 10.1 Å². The van der Waals surface area contributed by atoms with Crippen molar-refractivity contribution in [1.82, 2.24) is 25.1 Å². The molecule has 2 atom stereocenters. The first kappa shape index (κ1) is 18.7. The van der Waals surface area contributed by atoms with Crippen molar-refractivity contribution in [2.45, 2.75) is 39.4 Å². The average molecular weight is 400 g/mol. The zero-order chi connectivity index (χ0) is 19.5. The lowest BCUT2D eigenvalue weighted by Crippen LogP contribution is -2.07. The van der Waals surface area contributed by atoms with Crippen molar-refractivity contribution in [3.63, 3.8) is 0 Å². The molecule has 3 aromatic rings. The maximum atomic E-state index is 12.6. The molecule has 1 fully saturated rings. The summed E-state index contributed by atoms with van der Waals surface area (Å²) in [4.78, 5) is 13.1. The first-order chi connectivity index (χ1) is 13.6. The minimum atomic E-state index is -0.480. The third-order valence-corrected chi connectivity index (χ3v) is 5.39. The lowest BCUT2D eigenvalue weighted by molar-refractivity contribution is 0.284. The lowest BCUT2D eigenvalue weighted by atomic mass is 10.2. The van der Waals surface area contributed by atoms with E-state index in [1.54, 1.807) is 29.7 Å². The molecule has 0 amide bonds. The molecule has 0 radical (unpaired) electrons. The summed E-state index contributed by atoms with van der Waals surface area (Å²) in [5, 5.41) is 13.2. The van der Waals surface area contributed by atoms with Gasteiger partial charge in [0.05, 0.1) is 13.2 Å². The Morgan fingerprint density at radius 2 is 2.14 bits per heavy atom. The van der Waals surface area contributed by atoms with E-state index in [9.17, 15) is 4.39 Å². The van der Waals surface area contributed by atoms with Gasteiger partial charge in [0.2, 0.25) is 5.88 Å². The SMILES string of the molecule is Cc1nc(NCc2nnc(C)s2)cc(OCC2CC2c2ccc(CF)cn2)n1. The van der Waals surface area contributed by atoms with Crippen LogP contribution in [-0.4, -0.2) is 31.8 Å².